The van der Waals surface area contributed by atoms with E-state index in [-0.39, 0.29) is 4.90 Å². The van der Waals surface area contributed by atoms with Gasteiger partial charge in [0.25, 0.3) is 0 Å². The molecule has 140 valence electrons. The molecule has 0 saturated carbocycles. The molecule has 0 amide bonds. The zero-order chi connectivity index (χ0) is 19.3. The van der Waals surface area contributed by atoms with Gasteiger partial charge in [-0.1, -0.05) is 54.6 Å². The number of aryl methyl sites for hydroxylation is 2. The lowest BCUT2D eigenvalue weighted by Crippen LogP contribution is -2.33. The molecule has 3 aromatic rings. The molecule has 3 rings (SSSR count). The Kier molecular flexibility index (Phi) is 5.94. The number of nitrogens with one attached hydrogen (secondary N) is 2. The van der Waals surface area contributed by atoms with Crippen LogP contribution in [0.25, 0.3) is 0 Å². The SMILES string of the molecule is Cc1ccc(NCC(NS(=O)(=O)c2ccccc2)c2ccccc2)cc1C. The van der Waals surface area contributed by atoms with Crippen molar-refractivity contribution in [2.75, 3.05) is 11.9 Å². The van der Waals surface area contributed by atoms with Crippen LogP contribution < -0.4 is 10.0 Å². The Morgan fingerprint density at radius 1 is 0.815 bits per heavy atom. The molecule has 0 aliphatic heterocycles. The Bertz CT molecular complexity index is 987. The molecule has 0 bridgehead atoms. The Labute approximate surface area is 161 Å². The van der Waals surface area contributed by atoms with Crippen molar-refractivity contribution < 1.29 is 8.42 Å². The Balaban J connectivity index is 1.82. The maximum absolute atomic E-state index is 12.8. The smallest absolute Gasteiger partial charge is 0.241 e. The number of rotatable bonds is 7. The predicted molar refractivity (Wildman–Crippen MR) is 110 cm³/mol. The number of hydrogen-bond acceptors (Lipinski definition) is 3. The molecular weight excluding hydrogens is 356 g/mol. The van der Waals surface area contributed by atoms with Crippen LogP contribution in [0.5, 0.6) is 0 Å². The van der Waals surface area contributed by atoms with E-state index in [1.54, 1.807) is 30.3 Å². The summed E-state index contributed by atoms with van der Waals surface area (Å²) in [4.78, 5) is 0.261. The molecule has 0 radical (unpaired) electrons. The standard InChI is InChI=1S/C22H24N2O2S/c1-17-13-14-20(15-18(17)2)23-16-22(19-9-5-3-6-10-19)24-27(25,26)21-11-7-4-8-12-21/h3-15,22-24H,16H2,1-2H3. The second-order valence-electron chi connectivity index (χ2n) is 6.58. The molecule has 0 saturated heterocycles. The minimum Gasteiger partial charge on any atom is -0.383 e. The van der Waals surface area contributed by atoms with Crippen molar-refractivity contribution in [1.29, 1.82) is 0 Å². The Hall–Kier alpha value is -2.63. The van der Waals surface area contributed by atoms with Crippen molar-refractivity contribution in [2.45, 2.75) is 24.8 Å². The highest BCUT2D eigenvalue weighted by Gasteiger charge is 2.21. The number of anilines is 1. The second-order valence-corrected chi connectivity index (χ2v) is 8.29. The van der Waals surface area contributed by atoms with Gasteiger partial charge in [-0.15, -0.1) is 0 Å². The summed E-state index contributed by atoms with van der Waals surface area (Å²) in [7, 11) is -3.62. The third-order valence-electron chi connectivity index (χ3n) is 4.57. The molecule has 0 aliphatic carbocycles. The lowest BCUT2D eigenvalue weighted by molar-refractivity contribution is 0.562. The van der Waals surface area contributed by atoms with E-state index in [2.05, 4.69) is 36.0 Å². The molecule has 0 heterocycles. The van der Waals surface area contributed by atoms with Crippen molar-refractivity contribution in [3.63, 3.8) is 0 Å². The van der Waals surface area contributed by atoms with E-state index in [1.807, 2.05) is 36.4 Å². The van der Waals surface area contributed by atoms with E-state index in [1.165, 1.54) is 11.1 Å². The van der Waals surface area contributed by atoms with Crippen molar-refractivity contribution >= 4 is 15.7 Å². The third kappa shape index (κ3) is 4.96. The summed E-state index contributed by atoms with van der Waals surface area (Å²) in [5.74, 6) is 0. The Morgan fingerprint density at radius 3 is 2.07 bits per heavy atom. The molecule has 27 heavy (non-hydrogen) atoms. The average Bonchev–Trinajstić information content (AvgIpc) is 2.69. The molecule has 1 atom stereocenters. The summed E-state index contributed by atoms with van der Waals surface area (Å²) < 4.78 is 28.4. The molecule has 4 nitrogen and oxygen atoms in total. The van der Waals surface area contributed by atoms with Gasteiger partial charge in [0.2, 0.25) is 10.0 Å². The number of sulfonamides is 1. The number of hydrogen-bond donors (Lipinski definition) is 2. The fourth-order valence-electron chi connectivity index (χ4n) is 2.84. The van der Waals surface area contributed by atoms with Gasteiger partial charge >= 0.3 is 0 Å². The van der Waals surface area contributed by atoms with Gasteiger partial charge in [-0.2, -0.15) is 0 Å². The van der Waals surface area contributed by atoms with Gasteiger partial charge in [0.15, 0.2) is 0 Å². The normalized spacial score (nSPS) is 12.5. The van der Waals surface area contributed by atoms with Crippen LogP contribution in [0.15, 0.2) is 83.8 Å². The number of benzene rings is 3. The second kappa shape index (κ2) is 8.37. The molecular formula is C22H24N2O2S. The minimum atomic E-state index is -3.62. The van der Waals surface area contributed by atoms with Crippen LogP contribution in [0.2, 0.25) is 0 Å². The first-order valence-electron chi connectivity index (χ1n) is 8.89. The van der Waals surface area contributed by atoms with Gasteiger partial charge in [0.05, 0.1) is 10.9 Å². The molecule has 0 aromatic heterocycles. The average molecular weight is 381 g/mol. The highest BCUT2D eigenvalue weighted by atomic mass is 32.2. The van der Waals surface area contributed by atoms with E-state index in [4.69, 9.17) is 0 Å². The minimum absolute atomic E-state index is 0.261. The highest BCUT2D eigenvalue weighted by molar-refractivity contribution is 7.89. The molecule has 0 spiro atoms. The quantitative estimate of drug-likeness (QED) is 0.637. The molecule has 5 heteroatoms. The fraction of sp³-hybridized carbons (Fsp3) is 0.182. The molecule has 1 unspecified atom stereocenters. The molecule has 3 aromatic carbocycles. The molecule has 0 fully saturated rings. The summed E-state index contributed by atoms with van der Waals surface area (Å²) in [6.07, 6.45) is 0. The van der Waals surface area contributed by atoms with E-state index in [0.717, 1.165) is 11.3 Å². The topological polar surface area (TPSA) is 58.2 Å². The monoisotopic (exact) mass is 380 g/mol. The van der Waals surface area contributed by atoms with Crippen LogP contribution in [0.3, 0.4) is 0 Å². The third-order valence-corrected chi connectivity index (χ3v) is 6.06. The van der Waals surface area contributed by atoms with Crippen LogP contribution in [0.1, 0.15) is 22.7 Å². The zero-order valence-electron chi connectivity index (χ0n) is 15.5. The van der Waals surface area contributed by atoms with E-state index < -0.39 is 16.1 Å². The van der Waals surface area contributed by atoms with Crippen LogP contribution in [-0.2, 0) is 10.0 Å². The van der Waals surface area contributed by atoms with Crippen LogP contribution in [0.4, 0.5) is 5.69 Å². The summed E-state index contributed by atoms with van der Waals surface area (Å²) in [5.41, 5.74) is 4.30. The molecule has 2 N–H and O–H groups in total. The van der Waals surface area contributed by atoms with Gasteiger partial charge in [-0.05, 0) is 54.8 Å². The first kappa shape index (κ1) is 19.1. The first-order valence-corrected chi connectivity index (χ1v) is 10.4. The van der Waals surface area contributed by atoms with Crippen molar-refractivity contribution in [3.8, 4) is 0 Å². The summed E-state index contributed by atoms with van der Waals surface area (Å²) in [6, 6.07) is 23.8. The summed E-state index contributed by atoms with van der Waals surface area (Å²) in [6.45, 7) is 4.58. The van der Waals surface area contributed by atoms with Gasteiger partial charge < -0.3 is 5.32 Å². The first-order chi connectivity index (χ1) is 13.0. The molecule has 0 aliphatic rings. The Morgan fingerprint density at radius 2 is 1.44 bits per heavy atom. The maximum atomic E-state index is 12.8. The van der Waals surface area contributed by atoms with Gasteiger partial charge in [0.1, 0.15) is 0 Å². The van der Waals surface area contributed by atoms with Crippen molar-refractivity contribution in [1.82, 2.24) is 4.72 Å². The van der Waals surface area contributed by atoms with E-state index >= 15 is 0 Å². The van der Waals surface area contributed by atoms with Crippen molar-refractivity contribution in [2.24, 2.45) is 0 Å². The maximum Gasteiger partial charge on any atom is 0.241 e. The fourth-order valence-corrected chi connectivity index (χ4v) is 4.08. The van der Waals surface area contributed by atoms with E-state index in [0.29, 0.717) is 6.54 Å². The predicted octanol–water partition coefficient (Wildman–Crippen LogP) is 4.44. The summed E-state index contributed by atoms with van der Waals surface area (Å²) >= 11 is 0. The van der Waals surface area contributed by atoms with Crippen LogP contribution in [-0.4, -0.2) is 15.0 Å². The van der Waals surface area contributed by atoms with Crippen LogP contribution in [0, 0.1) is 13.8 Å². The largest absolute Gasteiger partial charge is 0.383 e. The highest BCUT2D eigenvalue weighted by Crippen LogP contribution is 2.20. The van der Waals surface area contributed by atoms with Crippen LogP contribution >= 0.6 is 0 Å². The van der Waals surface area contributed by atoms with Gasteiger partial charge in [0, 0.05) is 12.2 Å². The lowest BCUT2D eigenvalue weighted by Gasteiger charge is -2.21. The van der Waals surface area contributed by atoms with Gasteiger partial charge in [-0.3, -0.25) is 0 Å². The summed E-state index contributed by atoms with van der Waals surface area (Å²) in [5, 5.41) is 3.36. The van der Waals surface area contributed by atoms with E-state index in [9.17, 15) is 8.42 Å². The lowest BCUT2D eigenvalue weighted by atomic mass is 10.1. The zero-order valence-corrected chi connectivity index (χ0v) is 16.3. The van der Waals surface area contributed by atoms with Crippen molar-refractivity contribution in [3.05, 3.63) is 95.6 Å². The van der Waals surface area contributed by atoms with Gasteiger partial charge in [-0.25, -0.2) is 13.1 Å².